The summed E-state index contributed by atoms with van der Waals surface area (Å²) >= 11 is 7.76. The predicted octanol–water partition coefficient (Wildman–Crippen LogP) is 3.01. The highest BCUT2D eigenvalue weighted by atomic mass is 35.5. The third-order valence-corrected chi connectivity index (χ3v) is 3.05. The highest BCUT2D eigenvalue weighted by molar-refractivity contribution is 7.98. The lowest BCUT2D eigenvalue weighted by Crippen LogP contribution is -2.20. The minimum absolute atomic E-state index is 0.519. The molecule has 0 N–H and O–H groups in total. The second kappa shape index (κ2) is 5.89. The topological polar surface area (TPSA) is 27.0 Å². The number of anilines is 1. The number of nitriles is 1. The van der Waals surface area contributed by atoms with Gasteiger partial charge in [-0.25, -0.2) is 0 Å². The first-order valence-corrected chi connectivity index (χ1v) is 6.36. The molecule has 4 heteroatoms. The standard InChI is InChI=1S/C11H13ClN2S/c1-14(5-6-15-2)10-4-3-9(8-13)11(12)7-10/h3-4,7H,5-6H2,1-2H3. The molecule has 80 valence electrons. The fourth-order valence-corrected chi connectivity index (χ4v) is 1.86. The van der Waals surface area contributed by atoms with E-state index in [0.29, 0.717) is 10.6 Å². The third kappa shape index (κ3) is 3.33. The number of rotatable bonds is 4. The molecule has 0 aromatic heterocycles. The molecule has 1 aromatic rings. The Kier molecular flexibility index (Phi) is 4.80. The number of hydrogen-bond donors (Lipinski definition) is 0. The number of benzene rings is 1. The largest absolute Gasteiger partial charge is 0.374 e. The van der Waals surface area contributed by atoms with Crippen LogP contribution in [0.1, 0.15) is 5.56 Å². The molecule has 0 unspecified atom stereocenters. The van der Waals surface area contributed by atoms with Crippen molar-refractivity contribution < 1.29 is 0 Å². The Morgan fingerprint density at radius 1 is 1.53 bits per heavy atom. The van der Waals surface area contributed by atoms with Crippen molar-refractivity contribution in [2.24, 2.45) is 0 Å². The predicted molar refractivity (Wildman–Crippen MR) is 67.8 cm³/mol. The van der Waals surface area contributed by atoms with E-state index in [-0.39, 0.29) is 0 Å². The Morgan fingerprint density at radius 3 is 2.80 bits per heavy atom. The summed E-state index contributed by atoms with van der Waals surface area (Å²) in [5.74, 6) is 1.08. The van der Waals surface area contributed by atoms with Gasteiger partial charge >= 0.3 is 0 Å². The van der Waals surface area contributed by atoms with Crippen LogP contribution in [0.2, 0.25) is 5.02 Å². The molecule has 0 aliphatic rings. The molecule has 0 atom stereocenters. The summed E-state index contributed by atoms with van der Waals surface area (Å²) in [6.45, 7) is 0.976. The first-order valence-electron chi connectivity index (χ1n) is 4.58. The fraction of sp³-hybridized carbons (Fsp3) is 0.364. The van der Waals surface area contributed by atoms with Crippen LogP contribution in [0.5, 0.6) is 0 Å². The SMILES string of the molecule is CSCCN(C)c1ccc(C#N)c(Cl)c1. The molecule has 0 aliphatic carbocycles. The Hall–Kier alpha value is -0.850. The Morgan fingerprint density at radius 2 is 2.27 bits per heavy atom. The fourth-order valence-electron chi connectivity index (χ4n) is 1.19. The molecule has 1 aromatic carbocycles. The molecule has 0 heterocycles. The summed E-state index contributed by atoms with van der Waals surface area (Å²) in [5.41, 5.74) is 1.58. The van der Waals surface area contributed by atoms with E-state index in [1.807, 2.05) is 37.0 Å². The molecule has 0 amide bonds. The van der Waals surface area contributed by atoms with Crippen LogP contribution >= 0.6 is 23.4 Å². The molecule has 15 heavy (non-hydrogen) atoms. The molecule has 0 spiro atoms. The number of halogens is 1. The molecule has 2 nitrogen and oxygen atoms in total. The van der Waals surface area contributed by atoms with Crippen molar-refractivity contribution in [2.75, 3.05) is 30.5 Å². The lowest BCUT2D eigenvalue weighted by molar-refractivity contribution is 0.978. The summed E-state index contributed by atoms with van der Waals surface area (Å²) in [7, 11) is 2.02. The van der Waals surface area contributed by atoms with E-state index in [9.17, 15) is 0 Å². The zero-order valence-corrected chi connectivity index (χ0v) is 10.4. The third-order valence-electron chi connectivity index (χ3n) is 2.14. The van der Waals surface area contributed by atoms with Crippen LogP contribution in [0.25, 0.3) is 0 Å². The van der Waals surface area contributed by atoms with Gasteiger partial charge in [-0.15, -0.1) is 0 Å². The van der Waals surface area contributed by atoms with E-state index in [1.165, 1.54) is 0 Å². The molecule has 0 saturated heterocycles. The van der Waals surface area contributed by atoms with Crippen molar-refractivity contribution in [1.82, 2.24) is 0 Å². The van der Waals surface area contributed by atoms with Gasteiger partial charge < -0.3 is 4.90 Å². The highest BCUT2D eigenvalue weighted by Crippen LogP contribution is 2.22. The first-order chi connectivity index (χ1) is 7.19. The normalized spacial score (nSPS) is 9.73. The maximum Gasteiger partial charge on any atom is 0.101 e. The van der Waals surface area contributed by atoms with Crippen LogP contribution < -0.4 is 4.90 Å². The summed E-state index contributed by atoms with van der Waals surface area (Å²) in [6, 6.07) is 7.56. The Bertz CT molecular complexity index is 373. The average molecular weight is 241 g/mol. The van der Waals surface area contributed by atoms with Gasteiger partial charge in [-0.3, -0.25) is 0 Å². The van der Waals surface area contributed by atoms with E-state index >= 15 is 0 Å². The molecular formula is C11H13ClN2S. The number of hydrogen-bond acceptors (Lipinski definition) is 3. The van der Waals surface area contributed by atoms with Crippen LogP contribution in [0.3, 0.4) is 0 Å². The maximum absolute atomic E-state index is 8.74. The van der Waals surface area contributed by atoms with Gasteiger partial charge in [0.25, 0.3) is 0 Å². The van der Waals surface area contributed by atoms with Crippen LogP contribution in [-0.2, 0) is 0 Å². The van der Waals surface area contributed by atoms with E-state index in [4.69, 9.17) is 16.9 Å². The lowest BCUT2D eigenvalue weighted by atomic mass is 10.2. The van der Waals surface area contributed by atoms with Gasteiger partial charge in [0, 0.05) is 25.0 Å². The molecule has 0 saturated carbocycles. The zero-order valence-electron chi connectivity index (χ0n) is 8.83. The van der Waals surface area contributed by atoms with Gasteiger partial charge in [0.1, 0.15) is 6.07 Å². The monoisotopic (exact) mass is 240 g/mol. The molecular weight excluding hydrogens is 228 g/mol. The first kappa shape index (κ1) is 12.2. The number of nitrogens with zero attached hydrogens (tertiary/aromatic N) is 2. The van der Waals surface area contributed by atoms with Crippen molar-refractivity contribution in [3.63, 3.8) is 0 Å². The van der Waals surface area contributed by atoms with Crippen molar-refractivity contribution in [3.8, 4) is 6.07 Å². The Balaban J connectivity index is 2.79. The minimum atomic E-state index is 0.519. The van der Waals surface area contributed by atoms with Gasteiger partial charge in [0.15, 0.2) is 0 Å². The molecule has 0 fully saturated rings. The van der Waals surface area contributed by atoms with E-state index in [0.717, 1.165) is 18.0 Å². The summed E-state index contributed by atoms with van der Waals surface area (Å²) in [4.78, 5) is 2.13. The summed E-state index contributed by atoms with van der Waals surface area (Å²) in [5, 5.41) is 9.26. The maximum atomic E-state index is 8.74. The quantitative estimate of drug-likeness (QED) is 0.810. The number of thioether (sulfide) groups is 1. The zero-order chi connectivity index (χ0) is 11.3. The summed E-state index contributed by atoms with van der Waals surface area (Å²) in [6.07, 6.45) is 2.08. The van der Waals surface area contributed by atoms with Gasteiger partial charge in [-0.05, 0) is 24.5 Å². The van der Waals surface area contributed by atoms with Gasteiger partial charge in [0.05, 0.1) is 10.6 Å². The highest BCUT2D eigenvalue weighted by Gasteiger charge is 2.04. The second-order valence-electron chi connectivity index (χ2n) is 3.19. The minimum Gasteiger partial charge on any atom is -0.374 e. The van der Waals surface area contributed by atoms with Crippen molar-refractivity contribution in [1.29, 1.82) is 5.26 Å². The van der Waals surface area contributed by atoms with Gasteiger partial charge in [0.2, 0.25) is 0 Å². The van der Waals surface area contributed by atoms with Gasteiger partial charge in [-0.1, -0.05) is 11.6 Å². The van der Waals surface area contributed by atoms with E-state index in [2.05, 4.69) is 11.2 Å². The smallest absolute Gasteiger partial charge is 0.101 e. The van der Waals surface area contributed by atoms with Crippen molar-refractivity contribution >= 4 is 29.1 Å². The van der Waals surface area contributed by atoms with Crippen LogP contribution in [-0.4, -0.2) is 25.6 Å². The average Bonchev–Trinajstić information content (AvgIpc) is 2.25. The van der Waals surface area contributed by atoms with Crippen molar-refractivity contribution in [2.45, 2.75) is 0 Å². The van der Waals surface area contributed by atoms with Crippen molar-refractivity contribution in [3.05, 3.63) is 28.8 Å². The second-order valence-corrected chi connectivity index (χ2v) is 4.58. The molecule has 0 aliphatic heterocycles. The van der Waals surface area contributed by atoms with Crippen LogP contribution in [0.15, 0.2) is 18.2 Å². The molecule has 1 rings (SSSR count). The summed E-state index contributed by atoms with van der Waals surface area (Å²) < 4.78 is 0. The van der Waals surface area contributed by atoms with Crippen LogP contribution in [0, 0.1) is 11.3 Å². The van der Waals surface area contributed by atoms with Crippen LogP contribution in [0.4, 0.5) is 5.69 Å². The Labute approximate surface area is 99.8 Å². The van der Waals surface area contributed by atoms with Gasteiger partial charge in [-0.2, -0.15) is 17.0 Å². The van der Waals surface area contributed by atoms with E-state index < -0.39 is 0 Å². The van der Waals surface area contributed by atoms with E-state index in [1.54, 1.807) is 6.07 Å². The lowest BCUT2D eigenvalue weighted by Gasteiger charge is -2.18. The molecule has 0 bridgehead atoms. The molecule has 0 radical (unpaired) electrons.